The van der Waals surface area contributed by atoms with Crippen LogP contribution in [0.1, 0.15) is 18.1 Å². The first-order valence-electron chi connectivity index (χ1n) is 11.3. The molecule has 1 fully saturated rings. The Balaban J connectivity index is 1.35. The zero-order chi connectivity index (χ0) is 22.8. The molecule has 0 bridgehead atoms. The van der Waals surface area contributed by atoms with Gasteiger partial charge in [0.15, 0.2) is 12.4 Å². The van der Waals surface area contributed by atoms with E-state index in [1.54, 1.807) is 0 Å². The number of carbonyl (C=O) groups is 1. The van der Waals surface area contributed by atoms with Crippen LogP contribution in [-0.2, 0) is 4.79 Å². The van der Waals surface area contributed by atoms with Gasteiger partial charge in [0.1, 0.15) is 23.0 Å². The van der Waals surface area contributed by atoms with Gasteiger partial charge in [-0.15, -0.1) is 0 Å². The molecule has 1 atom stereocenters. The molecule has 2 heterocycles. The highest BCUT2D eigenvalue weighted by Gasteiger charge is 2.31. The largest absolute Gasteiger partial charge is 0.484 e. The van der Waals surface area contributed by atoms with E-state index in [0.717, 1.165) is 34.1 Å². The standard InChI is InChI=1S/C27H27N3O3/c1-19-12-13-23-25(16-19)33-24-11-7-6-10-22(24)27(28-23)29-14-15-30(20(2)17-29)26(31)18-32-21-8-4-3-5-9-21/h3-13,16,20H,14-15,17-18H2,1-2H3. The fourth-order valence-corrected chi connectivity index (χ4v) is 4.33. The predicted octanol–water partition coefficient (Wildman–Crippen LogP) is 4.79. The van der Waals surface area contributed by atoms with Gasteiger partial charge in [0, 0.05) is 25.7 Å². The van der Waals surface area contributed by atoms with Crippen LogP contribution in [0.15, 0.2) is 77.8 Å². The Labute approximate surface area is 194 Å². The third-order valence-electron chi connectivity index (χ3n) is 6.04. The van der Waals surface area contributed by atoms with E-state index in [2.05, 4.69) is 11.8 Å². The molecule has 3 aromatic carbocycles. The zero-order valence-electron chi connectivity index (χ0n) is 18.9. The average Bonchev–Trinajstić information content (AvgIpc) is 2.99. The number of rotatable bonds is 3. The minimum Gasteiger partial charge on any atom is -0.484 e. The van der Waals surface area contributed by atoms with Gasteiger partial charge < -0.3 is 19.3 Å². The highest BCUT2D eigenvalue weighted by molar-refractivity contribution is 6.04. The Morgan fingerprint density at radius 1 is 1.03 bits per heavy atom. The Hall–Kier alpha value is -3.80. The van der Waals surface area contributed by atoms with Crippen molar-refractivity contribution in [2.45, 2.75) is 19.9 Å². The Bertz CT molecular complexity index is 1190. The maximum atomic E-state index is 12.8. The summed E-state index contributed by atoms with van der Waals surface area (Å²) < 4.78 is 11.9. The second-order valence-corrected chi connectivity index (χ2v) is 8.49. The Morgan fingerprint density at radius 3 is 2.64 bits per heavy atom. The number of aliphatic imine (C=N–C) groups is 1. The summed E-state index contributed by atoms with van der Waals surface area (Å²) in [6.45, 7) is 6.15. The quantitative estimate of drug-likeness (QED) is 0.586. The molecule has 0 N–H and O–H groups in total. The number of aryl methyl sites for hydroxylation is 1. The molecule has 0 aromatic heterocycles. The first kappa shape index (κ1) is 21.1. The van der Waals surface area contributed by atoms with Gasteiger partial charge in [-0.05, 0) is 55.8 Å². The Kier molecular flexibility index (Phi) is 5.73. The van der Waals surface area contributed by atoms with Crippen LogP contribution >= 0.6 is 0 Å². The third-order valence-corrected chi connectivity index (χ3v) is 6.04. The molecule has 1 unspecified atom stereocenters. The summed E-state index contributed by atoms with van der Waals surface area (Å²) in [7, 11) is 0. The third kappa shape index (κ3) is 4.42. The monoisotopic (exact) mass is 441 g/mol. The lowest BCUT2D eigenvalue weighted by atomic mass is 10.1. The fraction of sp³-hybridized carbons (Fsp3) is 0.259. The van der Waals surface area contributed by atoms with E-state index in [-0.39, 0.29) is 18.6 Å². The maximum absolute atomic E-state index is 12.8. The van der Waals surface area contributed by atoms with E-state index in [1.165, 1.54) is 0 Å². The summed E-state index contributed by atoms with van der Waals surface area (Å²) in [5, 5.41) is 0. The summed E-state index contributed by atoms with van der Waals surface area (Å²) >= 11 is 0. The van der Waals surface area contributed by atoms with Gasteiger partial charge in [0.25, 0.3) is 5.91 Å². The van der Waals surface area contributed by atoms with Gasteiger partial charge in [-0.3, -0.25) is 4.79 Å². The summed E-state index contributed by atoms with van der Waals surface area (Å²) in [6, 6.07) is 23.5. The van der Waals surface area contributed by atoms with E-state index in [4.69, 9.17) is 14.5 Å². The number of benzene rings is 3. The molecule has 168 valence electrons. The van der Waals surface area contributed by atoms with Crippen LogP contribution in [0.5, 0.6) is 17.2 Å². The number of para-hydroxylation sites is 2. The smallest absolute Gasteiger partial charge is 0.260 e. The van der Waals surface area contributed by atoms with Gasteiger partial charge in [-0.25, -0.2) is 4.99 Å². The van der Waals surface area contributed by atoms with Crippen LogP contribution in [0.2, 0.25) is 0 Å². The van der Waals surface area contributed by atoms with Gasteiger partial charge in [0.2, 0.25) is 0 Å². The summed E-state index contributed by atoms with van der Waals surface area (Å²) in [5.41, 5.74) is 2.91. The molecule has 1 saturated heterocycles. The van der Waals surface area contributed by atoms with Crippen molar-refractivity contribution in [3.05, 3.63) is 83.9 Å². The molecule has 6 heteroatoms. The molecule has 0 radical (unpaired) electrons. The van der Waals surface area contributed by atoms with E-state index >= 15 is 0 Å². The molecule has 0 saturated carbocycles. The average molecular weight is 442 g/mol. The number of carbonyl (C=O) groups excluding carboxylic acids is 1. The topological polar surface area (TPSA) is 54.4 Å². The van der Waals surface area contributed by atoms with Gasteiger partial charge >= 0.3 is 0 Å². The molecule has 0 aliphatic carbocycles. The molecule has 1 amide bonds. The SMILES string of the molecule is Cc1ccc2c(c1)Oc1ccccc1C(N1CCN(C(=O)COc3ccccc3)C(C)C1)=N2. The molecule has 6 nitrogen and oxygen atoms in total. The number of piperazine rings is 1. The molecule has 3 aromatic rings. The number of amidine groups is 1. The van der Waals surface area contributed by atoms with Crippen molar-refractivity contribution in [2.24, 2.45) is 4.99 Å². The van der Waals surface area contributed by atoms with Crippen LogP contribution in [0, 0.1) is 6.92 Å². The van der Waals surface area contributed by atoms with Gasteiger partial charge in [-0.2, -0.15) is 0 Å². The molecular formula is C27H27N3O3. The molecule has 2 aliphatic heterocycles. The van der Waals surface area contributed by atoms with E-state index < -0.39 is 0 Å². The maximum Gasteiger partial charge on any atom is 0.260 e. The number of ether oxygens (including phenoxy) is 2. The predicted molar refractivity (Wildman–Crippen MR) is 129 cm³/mol. The van der Waals surface area contributed by atoms with Crippen LogP contribution in [-0.4, -0.2) is 53.8 Å². The summed E-state index contributed by atoms with van der Waals surface area (Å²) in [6.07, 6.45) is 0. The first-order chi connectivity index (χ1) is 16.1. The van der Waals surface area contributed by atoms with E-state index in [0.29, 0.717) is 25.4 Å². The van der Waals surface area contributed by atoms with E-state index in [9.17, 15) is 4.79 Å². The van der Waals surface area contributed by atoms with Crippen LogP contribution in [0.3, 0.4) is 0 Å². The first-order valence-corrected chi connectivity index (χ1v) is 11.3. The highest BCUT2D eigenvalue weighted by atomic mass is 16.5. The number of hydrogen-bond donors (Lipinski definition) is 0. The van der Waals surface area contributed by atoms with Gasteiger partial charge in [0.05, 0.1) is 5.56 Å². The van der Waals surface area contributed by atoms with Crippen molar-refractivity contribution in [3.8, 4) is 17.2 Å². The number of hydrogen-bond acceptors (Lipinski definition) is 5. The summed E-state index contributed by atoms with van der Waals surface area (Å²) in [5.74, 6) is 3.14. The normalized spacial score (nSPS) is 17.3. The number of amides is 1. The molecule has 33 heavy (non-hydrogen) atoms. The lowest BCUT2D eigenvalue weighted by Crippen LogP contribution is -2.56. The fourth-order valence-electron chi connectivity index (χ4n) is 4.33. The van der Waals surface area contributed by atoms with Crippen molar-refractivity contribution >= 4 is 17.4 Å². The van der Waals surface area contributed by atoms with Crippen molar-refractivity contribution in [1.82, 2.24) is 9.80 Å². The molecular weight excluding hydrogens is 414 g/mol. The lowest BCUT2D eigenvalue weighted by Gasteiger charge is -2.41. The van der Waals surface area contributed by atoms with Gasteiger partial charge in [-0.1, -0.05) is 36.4 Å². The van der Waals surface area contributed by atoms with Crippen LogP contribution in [0.25, 0.3) is 0 Å². The minimum absolute atomic E-state index is 0.00152. The van der Waals surface area contributed by atoms with E-state index in [1.807, 2.05) is 84.6 Å². The summed E-state index contributed by atoms with van der Waals surface area (Å²) in [4.78, 5) is 22.0. The van der Waals surface area contributed by atoms with Crippen LogP contribution in [0.4, 0.5) is 5.69 Å². The minimum atomic E-state index is -0.00152. The van der Waals surface area contributed by atoms with Crippen molar-refractivity contribution in [1.29, 1.82) is 0 Å². The molecule has 2 aliphatic rings. The molecule has 0 spiro atoms. The number of fused-ring (bicyclic) bond motifs is 2. The molecule has 5 rings (SSSR count). The highest BCUT2D eigenvalue weighted by Crippen LogP contribution is 2.38. The van der Waals surface area contributed by atoms with Crippen molar-refractivity contribution in [3.63, 3.8) is 0 Å². The second-order valence-electron chi connectivity index (χ2n) is 8.49. The Morgan fingerprint density at radius 2 is 1.82 bits per heavy atom. The van der Waals surface area contributed by atoms with Crippen LogP contribution < -0.4 is 9.47 Å². The van der Waals surface area contributed by atoms with Crippen molar-refractivity contribution < 1.29 is 14.3 Å². The zero-order valence-corrected chi connectivity index (χ0v) is 18.9. The van der Waals surface area contributed by atoms with Crippen molar-refractivity contribution in [2.75, 3.05) is 26.2 Å². The second kappa shape index (κ2) is 8.98. The number of nitrogens with zero attached hydrogens (tertiary/aromatic N) is 3. The lowest BCUT2D eigenvalue weighted by molar-refractivity contribution is -0.137.